The van der Waals surface area contributed by atoms with Gasteiger partial charge in [0.1, 0.15) is 6.29 Å². The van der Waals surface area contributed by atoms with E-state index < -0.39 is 6.10 Å². The Morgan fingerprint density at radius 3 is 2.55 bits per heavy atom. The van der Waals surface area contributed by atoms with Crippen LogP contribution in [0.5, 0.6) is 0 Å². The molecule has 0 bridgehead atoms. The Labute approximate surface area is 65.5 Å². The molecule has 0 spiro atoms. The monoisotopic (exact) mass is 150 g/mol. The van der Waals surface area contributed by atoms with E-state index in [4.69, 9.17) is 0 Å². The summed E-state index contributed by atoms with van der Waals surface area (Å²) in [5, 5.41) is 9.18. The maximum Gasteiger partial charge on any atom is 0.150 e. The van der Waals surface area contributed by atoms with Crippen molar-refractivity contribution in [3.63, 3.8) is 0 Å². The molecule has 0 saturated carbocycles. The second kappa shape index (κ2) is 3.30. The Balaban J connectivity index is 3.12. The van der Waals surface area contributed by atoms with Crippen LogP contribution in [0.2, 0.25) is 0 Å². The topological polar surface area (TPSA) is 37.3 Å². The van der Waals surface area contributed by atoms with Gasteiger partial charge in [0.05, 0.1) is 6.10 Å². The highest BCUT2D eigenvalue weighted by Crippen LogP contribution is 2.14. The summed E-state index contributed by atoms with van der Waals surface area (Å²) >= 11 is 0. The van der Waals surface area contributed by atoms with Crippen molar-refractivity contribution in [2.24, 2.45) is 0 Å². The molecule has 0 aliphatic rings. The zero-order valence-corrected chi connectivity index (χ0v) is 6.32. The van der Waals surface area contributed by atoms with Gasteiger partial charge in [-0.15, -0.1) is 0 Å². The molecule has 0 saturated heterocycles. The average molecular weight is 150 g/mol. The Kier molecular flexibility index (Phi) is 2.39. The standard InChI is InChI=1S/C9H10O2/c1-7(11)9-5-3-2-4-8(9)6-10/h2-7,11H,1H3/t7-/m0/s1. The number of hydrogen-bond donors (Lipinski definition) is 1. The molecule has 0 amide bonds. The van der Waals surface area contributed by atoms with E-state index in [0.29, 0.717) is 11.1 Å². The van der Waals surface area contributed by atoms with Crippen LogP contribution in [-0.4, -0.2) is 11.4 Å². The Hall–Kier alpha value is -1.15. The first-order valence-electron chi connectivity index (χ1n) is 3.48. The molecule has 1 aromatic carbocycles. The molecule has 58 valence electrons. The molecule has 1 N–H and O–H groups in total. The fourth-order valence-electron chi connectivity index (χ4n) is 0.999. The largest absolute Gasteiger partial charge is 0.389 e. The summed E-state index contributed by atoms with van der Waals surface area (Å²) in [7, 11) is 0. The van der Waals surface area contributed by atoms with E-state index in [9.17, 15) is 9.90 Å². The summed E-state index contributed by atoms with van der Waals surface area (Å²) < 4.78 is 0. The lowest BCUT2D eigenvalue weighted by Gasteiger charge is -2.05. The lowest BCUT2D eigenvalue weighted by molar-refractivity contribution is 0.111. The van der Waals surface area contributed by atoms with Crippen molar-refractivity contribution < 1.29 is 9.90 Å². The van der Waals surface area contributed by atoms with Gasteiger partial charge in [-0.05, 0) is 12.5 Å². The third-order valence-electron chi connectivity index (χ3n) is 1.57. The molecule has 0 heterocycles. The predicted octanol–water partition coefficient (Wildman–Crippen LogP) is 1.55. The van der Waals surface area contributed by atoms with Gasteiger partial charge in [0.25, 0.3) is 0 Å². The molecule has 0 aliphatic heterocycles. The number of rotatable bonds is 2. The third kappa shape index (κ3) is 1.65. The summed E-state index contributed by atoms with van der Waals surface area (Å²) in [6, 6.07) is 7.01. The quantitative estimate of drug-likeness (QED) is 0.649. The number of carbonyl (C=O) groups is 1. The molecule has 0 unspecified atom stereocenters. The van der Waals surface area contributed by atoms with Crippen molar-refractivity contribution in [2.45, 2.75) is 13.0 Å². The summed E-state index contributed by atoms with van der Waals surface area (Å²) in [6.07, 6.45) is 0.179. The van der Waals surface area contributed by atoms with Crippen LogP contribution in [0.3, 0.4) is 0 Å². The number of hydrogen-bond acceptors (Lipinski definition) is 2. The van der Waals surface area contributed by atoms with Crippen molar-refractivity contribution in [1.29, 1.82) is 0 Å². The highest BCUT2D eigenvalue weighted by molar-refractivity contribution is 5.77. The first-order valence-corrected chi connectivity index (χ1v) is 3.48. The number of aldehydes is 1. The van der Waals surface area contributed by atoms with Gasteiger partial charge in [0, 0.05) is 5.56 Å². The lowest BCUT2D eigenvalue weighted by Crippen LogP contribution is -1.96. The highest BCUT2D eigenvalue weighted by atomic mass is 16.3. The van der Waals surface area contributed by atoms with Gasteiger partial charge in [-0.2, -0.15) is 0 Å². The highest BCUT2D eigenvalue weighted by Gasteiger charge is 2.04. The number of benzene rings is 1. The molecule has 2 heteroatoms. The van der Waals surface area contributed by atoms with Crippen LogP contribution in [0, 0.1) is 0 Å². The molecule has 0 fully saturated rings. The maximum absolute atomic E-state index is 10.4. The van der Waals surface area contributed by atoms with Gasteiger partial charge in [-0.1, -0.05) is 24.3 Å². The summed E-state index contributed by atoms with van der Waals surface area (Å²) in [5.74, 6) is 0. The van der Waals surface area contributed by atoms with Gasteiger partial charge in [-0.25, -0.2) is 0 Å². The van der Waals surface area contributed by atoms with E-state index in [1.54, 1.807) is 31.2 Å². The second-order valence-corrected chi connectivity index (χ2v) is 2.42. The number of aliphatic hydroxyl groups is 1. The second-order valence-electron chi connectivity index (χ2n) is 2.42. The molecule has 2 nitrogen and oxygen atoms in total. The Morgan fingerprint density at radius 1 is 1.45 bits per heavy atom. The van der Waals surface area contributed by atoms with Gasteiger partial charge in [0.15, 0.2) is 0 Å². The minimum Gasteiger partial charge on any atom is -0.389 e. The molecule has 0 aliphatic carbocycles. The van der Waals surface area contributed by atoms with Gasteiger partial charge in [0.2, 0.25) is 0 Å². The van der Waals surface area contributed by atoms with Crippen LogP contribution in [0.1, 0.15) is 28.9 Å². The molecule has 0 radical (unpaired) electrons. The lowest BCUT2D eigenvalue weighted by atomic mass is 10.0. The molecule has 1 aromatic rings. The molecule has 1 atom stereocenters. The summed E-state index contributed by atoms with van der Waals surface area (Å²) in [4.78, 5) is 10.4. The third-order valence-corrected chi connectivity index (χ3v) is 1.57. The van der Waals surface area contributed by atoms with E-state index in [0.717, 1.165) is 6.29 Å². The molecule has 1 rings (SSSR count). The van der Waals surface area contributed by atoms with Crippen LogP contribution in [-0.2, 0) is 0 Å². The maximum atomic E-state index is 10.4. The van der Waals surface area contributed by atoms with Crippen LogP contribution >= 0.6 is 0 Å². The normalized spacial score (nSPS) is 12.5. The van der Waals surface area contributed by atoms with E-state index in [2.05, 4.69) is 0 Å². The van der Waals surface area contributed by atoms with Crippen LogP contribution in [0.4, 0.5) is 0 Å². The van der Waals surface area contributed by atoms with Crippen molar-refractivity contribution in [2.75, 3.05) is 0 Å². The van der Waals surface area contributed by atoms with Crippen LogP contribution in [0.25, 0.3) is 0 Å². The van der Waals surface area contributed by atoms with Crippen molar-refractivity contribution in [1.82, 2.24) is 0 Å². The first kappa shape index (κ1) is 7.95. The minimum atomic E-state index is -0.573. The van der Waals surface area contributed by atoms with E-state index >= 15 is 0 Å². The molecule has 0 aromatic heterocycles. The van der Waals surface area contributed by atoms with Gasteiger partial charge >= 0.3 is 0 Å². The van der Waals surface area contributed by atoms with Crippen molar-refractivity contribution in [3.05, 3.63) is 35.4 Å². The first-order chi connectivity index (χ1) is 5.25. The smallest absolute Gasteiger partial charge is 0.150 e. The SMILES string of the molecule is C[C@H](O)c1ccccc1C=O. The summed E-state index contributed by atoms with van der Waals surface area (Å²) in [5.41, 5.74) is 1.24. The fourth-order valence-corrected chi connectivity index (χ4v) is 0.999. The van der Waals surface area contributed by atoms with Crippen LogP contribution in [0.15, 0.2) is 24.3 Å². The van der Waals surface area contributed by atoms with Gasteiger partial charge in [-0.3, -0.25) is 4.79 Å². The van der Waals surface area contributed by atoms with Gasteiger partial charge < -0.3 is 5.11 Å². The molecular formula is C9H10O2. The average Bonchev–Trinajstić information content (AvgIpc) is 2.04. The predicted molar refractivity (Wildman–Crippen MR) is 42.5 cm³/mol. The van der Waals surface area contributed by atoms with Crippen molar-refractivity contribution >= 4 is 6.29 Å². The Bertz CT molecular complexity index is 253. The fraction of sp³-hybridized carbons (Fsp3) is 0.222. The van der Waals surface area contributed by atoms with Crippen molar-refractivity contribution in [3.8, 4) is 0 Å². The molecule has 11 heavy (non-hydrogen) atoms. The number of aliphatic hydroxyl groups excluding tert-OH is 1. The van der Waals surface area contributed by atoms with E-state index in [1.807, 2.05) is 0 Å². The Morgan fingerprint density at radius 2 is 2.09 bits per heavy atom. The van der Waals surface area contributed by atoms with E-state index in [-0.39, 0.29) is 0 Å². The van der Waals surface area contributed by atoms with Crippen LogP contribution < -0.4 is 0 Å². The number of carbonyl (C=O) groups excluding carboxylic acids is 1. The van der Waals surface area contributed by atoms with E-state index in [1.165, 1.54) is 0 Å². The zero-order chi connectivity index (χ0) is 8.27. The zero-order valence-electron chi connectivity index (χ0n) is 6.32. The summed E-state index contributed by atoms with van der Waals surface area (Å²) in [6.45, 7) is 1.64. The minimum absolute atomic E-state index is 0.558. The molecular weight excluding hydrogens is 140 g/mol.